The quantitative estimate of drug-likeness (QED) is 0.372. The fourth-order valence-corrected chi connectivity index (χ4v) is 0.937. The number of nitrogens with two attached hydrogens (primary N) is 1. The summed E-state index contributed by atoms with van der Waals surface area (Å²) in [6.45, 7) is 5.31. The van der Waals surface area contributed by atoms with Gasteiger partial charge in [-0.2, -0.15) is 0 Å². The number of hydrogen-bond donors (Lipinski definition) is 2. The van der Waals surface area contributed by atoms with Crippen LogP contribution < -0.4 is 11.1 Å². The minimum absolute atomic E-state index is 0.271. The van der Waals surface area contributed by atoms with Crippen LogP contribution in [0.2, 0.25) is 0 Å². The predicted molar refractivity (Wildman–Crippen MR) is 53.7 cm³/mol. The molecule has 0 unspecified atom stereocenters. The SMILES string of the molecule is CC(C)OCCN=C(N)NC1CC1. The van der Waals surface area contributed by atoms with E-state index in [9.17, 15) is 0 Å². The minimum Gasteiger partial charge on any atom is -0.377 e. The van der Waals surface area contributed by atoms with Crippen LogP contribution in [0.3, 0.4) is 0 Å². The second-order valence-corrected chi connectivity index (χ2v) is 3.61. The van der Waals surface area contributed by atoms with Crippen LogP contribution in [-0.4, -0.2) is 31.3 Å². The van der Waals surface area contributed by atoms with Gasteiger partial charge in [-0.1, -0.05) is 0 Å². The highest BCUT2D eigenvalue weighted by atomic mass is 16.5. The molecule has 4 heteroatoms. The molecule has 1 aliphatic carbocycles. The third-order valence-corrected chi connectivity index (χ3v) is 1.75. The van der Waals surface area contributed by atoms with E-state index in [1.54, 1.807) is 0 Å². The van der Waals surface area contributed by atoms with Gasteiger partial charge in [0.1, 0.15) is 0 Å². The first-order valence-corrected chi connectivity index (χ1v) is 4.86. The first kappa shape index (κ1) is 10.3. The fourth-order valence-electron chi connectivity index (χ4n) is 0.937. The Hall–Kier alpha value is -0.770. The zero-order valence-electron chi connectivity index (χ0n) is 8.42. The van der Waals surface area contributed by atoms with Crippen molar-refractivity contribution in [2.45, 2.75) is 38.8 Å². The summed E-state index contributed by atoms with van der Waals surface area (Å²) in [6, 6.07) is 0.578. The molecule has 0 atom stereocenters. The molecule has 4 nitrogen and oxygen atoms in total. The Labute approximate surface area is 79.6 Å². The number of nitrogens with one attached hydrogen (secondary N) is 1. The molecule has 0 aromatic carbocycles. The van der Waals surface area contributed by atoms with Gasteiger partial charge in [0, 0.05) is 6.04 Å². The maximum atomic E-state index is 5.61. The van der Waals surface area contributed by atoms with Crippen LogP contribution in [-0.2, 0) is 4.74 Å². The first-order valence-electron chi connectivity index (χ1n) is 4.86. The molecule has 0 aliphatic heterocycles. The zero-order chi connectivity index (χ0) is 9.68. The van der Waals surface area contributed by atoms with E-state index in [4.69, 9.17) is 10.5 Å². The Morgan fingerprint density at radius 3 is 2.85 bits per heavy atom. The van der Waals surface area contributed by atoms with Crippen molar-refractivity contribution in [3.63, 3.8) is 0 Å². The van der Waals surface area contributed by atoms with E-state index in [-0.39, 0.29) is 6.10 Å². The average Bonchev–Trinajstić information content (AvgIpc) is 2.81. The van der Waals surface area contributed by atoms with Gasteiger partial charge in [-0.3, -0.25) is 4.99 Å². The van der Waals surface area contributed by atoms with Gasteiger partial charge in [0.05, 0.1) is 19.3 Å². The van der Waals surface area contributed by atoms with Crippen molar-refractivity contribution in [1.29, 1.82) is 0 Å². The van der Waals surface area contributed by atoms with Crippen LogP contribution in [0.15, 0.2) is 4.99 Å². The average molecular weight is 185 g/mol. The smallest absolute Gasteiger partial charge is 0.188 e. The number of guanidine groups is 1. The van der Waals surface area contributed by atoms with Crippen LogP contribution in [0.5, 0.6) is 0 Å². The molecule has 0 amide bonds. The van der Waals surface area contributed by atoms with E-state index in [1.807, 2.05) is 13.8 Å². The Morgan fingerprint density at radius 1 is 1.62 bits per heavy atom. The molecule has 76 valence electrons. The van der Waals surface area contributed by atoms with Crippen LogP contribution in [0.25, 0.3) is 0 Å². The lowest BCUT2D eigenvalue weighted by atomic mass is 10.5. The molecule has 1 fully saturated rings. The van der Waals surface area contributed by atoms with Crippen molar-refractivity contribution in [3.05, 3.63) is 0 Å². The lowest BCUT2D eigenvalue weighted by Gasteiger charge is -2.06. The van der Waals surface area contributed by atoms with Gasteiger partial charge in [-0.25, -0.2) is 0 Å². The summed E-state index contributed by atoms with van der Waals surface area (Å²) in [7, 11) is 0. The Balaban J connectivity index is 2.00. The molecule has 1 aliphatic rings. The second kappa shape index (κ2) is 5.07. The highest BCUT2D eigenvalue weighted by Gasteiger charge is 2.21. The number of nitrogens with zero attached hydrogens (tertiary/aromatic N) is 1. The molecular formula is C9H19N3O. The Bertz CT molecular complexity index is 176. The van der Waals surface area contributed by atoms with Crippen LogP contribution >= 0.6 is 0 Å². The van der Waals surface area contributed by atoms with Gasteiger partial charge in [0.15, 0.2) is 5.96 Å². The molecule has 0 saturated heterocycles. The van der Waals surface area contributed by atoms with Gasteiger partial charge >= 0.3 is 0 Å². The summed E-state index contributed by atoms with van der Waals surface area (Å²) in [6.07, 6.45) is 2.71. The lowest BCUT2D eigenvalue weighted by Crippen LogP contribution is -2.33. The molecule has 0 aromatic rings. The van der Waals surface area contributed by atoms with E-state index in [1.165, 1.54) is 12.8 Å². The molecule has 0 spiro atoms. The number of ether oxygens (including phenoxy) is 1. The van der Waals surface area contributed by atoms with Gasteiger partial charge in [0.2, 0.25) is 0 Å². The second-order valence-electron chi connectivity index (χ2n) is 3.61. The van der Waals surface area contributed by atoms with E-state index in [0.29, 0.717) is 25.2 Å². The summed E-state index contributed by atoms with van der Waals surface area (Å²) >= 11 is 0. The van der Waals surface area contributed by atoms with Crippen molar-refractivity contribution in [2.75, 3.05) is 13.2 Å². The number of rotatable bonds is 5. The summed E-state index contributed by atoms with van der Waals surface area (Å²) in [4.78, 5) is 4.13. The number of hydrogen-bond acceptors (Lipinski definition) is 2. The third-order valence-electron chi connectivity index (χ3n) is 1.75. The molecular weight excluding hydrogens is 166 g/mol. The molecule has 3 N–H and O–H groups in total. The van der Waals surface area contributed by atoms with Gasteiger partial charge in [-0.15, -0.1) is 0 Å². The fraction of sp³-hybridized carbons (Fsp3) is 0.889. The summed E-state index contributed by atoms with van der Waals surface area (Å²) < 4.78 is 5.32. The molecule has 0 bridgehead atoms. The Kier molecular flexibility index (Phi) is 4.02. The first-order chi connectivity index (χ1) is 6.18. The van der Waals surface area contributed by atoms with E-state index in [0.717, 1.165) is 0 Å². The van der Waals surface area contributed by atoms with E-state index >= 15 is 0 Å². The van der Waals surface area contributed by atoms with Crippen LogP contribution in [0.4, 0.5) is 0 Å². The molecule has 0 aromatic heterocycles. The molecule has 13 heavy (non-hydrogen) atoms. The van der Waals surface area contributed by atoms with Crippen molar-refractivity contribution in [2.24, 2.45) is 10.7 Å². The monoisotopic (exact) mass is 185 g/mol. The van der Waals surface area contributed by atoms with Crippen molar-refractivity contribution >= 4 is 5.96 Å². The van der Waals surface area contributed by atoms with Gasteiger partial charge in [-0.05, 0) is 26.7 Å². The van der Waals surface area contributed by atoms with Gasteiger partial charge < -0.3 is 15.8 Å². The molecule has 0 radical (unpaired) electrons. The molecule has 0 heterocycles. The van der Waals surface area contributed by atoms with Gasteiger partial charge in [0.25, 0.3) is 0 Å². The van der Waals surface area contributed by atoms with E-state index in [2.05, 4.69) is 10.3 Å². The molecule has 1 saturated carbocycles. The highest BCUT2D eigenvalue weighted by Crippen LogP contribution is 2.17. The highest BCUT2D eigenvalue weighted by molar-refractivity contribution is 5.78. The van der Waals surface area contributed by atoms with Crippen molar-refractivity contribution < 1.29 is 4.74 Å². The maximum Gasteiger partial charge on any atom is 0.188 e. The maximum absolute atomic E-state index is 5.61. The number of aliphatic imine (C=N–C) groups is 1. The summed E-state index contributed by atoms with van der Waals surface area (Å²) in [5.74, 6) is 0.551. The van der Waals surface area contributed by atoms with Crippen molar-refractivity contribution in [1.82, 2.24) is 5.32 Å². The predicted octanol–water partition coefficient (Wildman–Crippen LogP) is 0.478. The van der Waals surface area contributed by atoms with Crippen LogP contribution in [0.1, 0.15) is 26.7 Å². The molecule has 1 rings (SSSR count). The third kappa shape index (κ3) is 5.47. The lowest BCUT2D eigenvalue weighted by molar-refractivity contribution is 0.0853. The van der Waals surface area contributed by atoms with Crippen molar-refractivity contribution in [3.8, 4) is 0 Å². The Morgan fingerprint density at radius 2 is 2.31 bits per heavy atom. The zero-order valence-corrected chi connectivity index (χ0v) is 8.42. The topological polar surface area (TPSA) is 59.6 Å². The minimum atomic E-state index is 0.271. The largest absolute Gasteiger partial charge is 0.377 e. The van der Waals surface area contributed by atoms with Crippen LogP contribution in [0, 0.1) is 0 Å². The summed E-state index contributed by atoms with van der Waals surface area (Å²) in [5, 5.41) is 3.11. The normalized spacial score (nSPS) is 17.9. The standard InChI is InChI=1S/C9H19N3O/c1-7(2)13-6-5-11-9(10)12-8-3-4-8/h7-8H,3-6H2,1-2H3,(H3,10,11,12). The summed E-state index contributed by atoms with van der Waals surface area (Å²) in [5.41, 5.74) is 5.61. The van der Waals surface area contributed by atoms with E-state index < -0.39 is 0 Å².